The van der Waals surface area contributed by atoms with Crippen molar-refractivity contribution in [1.29, 1.82) is 5.26 Å². The Balaban J connectivity index is 0.00000348. The fourth-order valence-corrected chi connectivity index (χ4v) is 7.08. The molecule has 1 fully saturated rings. The van der Waals surface area contributed by atoms with Crippen LogP contribution in [0.15, 0.2) is 77.7 Å². The highest BCUT2D eigenvalue weighted by Crippen LogP contribution is 2.38. The van der Waals surface area contributed by atoms with Gasteiger partial charge >= 0.3 is 5.97 Å². The van der Waals surface area contributed by atoms with Gasteiger partial charge in [-0.25, -0.2) is 0 Å². The van der Waals surface area contributed by atoms with Crippen LogP contribution in [-0.4, -0.2) is 68.6 Å². The van der Waals surface area contributed by atoms with Gasteiger partial charge in [-0.15, -0.1) is 0 Å². The van der Waals surface area contributed by atoms with Crippen LogP contribution < -0.4 is 25.4 Å². The maximum atomic E-state index is 11.5. The second-order valence-corrected chi connectivity index (χ2v) is 14.1. The highest BCUT2D eigenvalue weighted by atomic mass is 79.9. The van der Waals surface area contributed by atoms with Gasteiger partial charge in [0.25, 0.3) is 0 Å². The number of nitrogens with zero attached hydrogens (tertiary/aromatic N) is 4. The van der Waals surface area contributed by atoms with E-state index in [-0.39, 0.29) is 63.7 Å². The molecule has 1 aliphatic heterocycles. The summed E-state index contributed by atoms with van der Waals surface area (Å²) in [6, 6.07) is 18.1. The van der Waals surface area contributed by atoms with Crippen LogP contribution in [0.2, 0.25) is 5.02 Å². The average molecular weight is 885 g/mol. The Kier molecular flexibility index (Phi) is 16.8. The lowest BCUT2D eigenvalue weighted by molar-refractivity contribution is -0.140. The molecule has 6 rings (SSSR count). The molecule has 0 spiro atoms. The lowest BCUT2D eigenvalue weighted by Crippen LogP contribution is -2.39. The minimum atomic E-state index is -1.19. The zero-order chi connectivity index (χ0) is 38.0. The number of pyridine rings is 1. The van der Waals surface area contributed by atoms with Crippen molar-refractivity contribution < 1.29 is 29.3 Å². The number of ether oxygens (including phenoxy) is 2. The van der Waals surface area contributed by atoms with Crippen LogP contribution in [-0.2, 0) is 35.9 Å². The van der Waals surface area contributed by atoms with Gasteiger partial charge in [0.15, 0.2) is 0 Å². The van der Waals surface area contributed by atoms with Gasteiger partial charge < -0.3 is 30.3 Å². The number of carbonyl (C=O) groups is 2. The summed E-state index contributed by atoms with van der Waals surface area (Å²) in [4.78, 5) is 27.0. The van der Waals surface area contributed by atoms with Crippen molar-refractivity contribution in [2.45, 2.75) is 57.6 Å². The number of aliphatic hydroxyl groups excluding tert-OH is 1. The highest BCUT2D eigenvalue weighted by Gasteiger charge is 2.21. The smallest absolute Gasteiger partial charge is 0.323 e. The first-order chi connectivity index (χ1) is 26.2. The zero-order valence-corrected chi connectivity index (χ0v) is 34.6. The molecule has 0 radical (unpaired) electrons. The number of aromatic nitrogens is 3. The van der Waals surface area contributed by atoms with Crippen molar-refractivity contribution in [3.8, 4) is 28.7 Å². The number of hydrogen-bond donors (Lipinski definition) is 5. The number of fused-ring (bicyclic) bond motifs is 1. The summed E-state index contributed by atoms with van der Waals surface area (Å²) in [5.41, 5.74) is 5.49. The Bertz CT molecular complexity index is 2190. The number of benzene rings is 3. The van der Waals surface area contributed by atoms with Crippen molar-refractivity contribution >= 4 is 77.3 Å². The third-order valence-electron chi connectivity index (χ3n) is 9.09. The van der Waals surface area contributed by atoms with E-state index in [1.165, 1.54) is 6.20 Å². The van der Waals surface area contributed by atoms with E-state index in [4.69, 9.17) is 26.2 Å². The SMILES string of the molecule is N#Cc1cncc(COc2cc(OCc3cccc(-c4cccc5c4cnn5CCCNC[C@@H]4CCC(=O)N4)c3Br)c(Cl)cc2CN[C@@H](CO)C(=O)O)c1.S.S. The molecule has 0 saturated carbocycles. The lowest BCUT2D eigenvalue weighted by atomic mass is 10.00. The third kappa shape index (κ3) is 11.2. The Morgan fingerprint density at radius 3 is 2.61 bits per heavy atom. The fraction of sp³-hybridized carbons (Fsp3) is 0.308. The molecule has 5 aromatic rings. The van der Waals surface area contributed by atoms with Gasteiger partial charge in [-0.3, -0.25) is 24.6 Å². The molecule has 1 saturated heterocycles. The third-order valence-corrected chi connectivity index (χ3v) is 10.3. The predicted octanol–water partition coefficient (Wildman–Crippen LogP) is 5.56. The first-order valence-corrected chi connectivity index (χ1v) is 18.6. The Morgan fingerprint density at radius 2 is 1.86 bits per heavy atom. The Hall–Kier alpha value is -4.34. The number of amides is 1. The summed E-state index contributed by atoms with van der Waals surface area (Å²) in [5, 5.41) is 43.4. The lowest BCUT2D eigenvalue weighted by Gasteiger charge is -2.18. The number of carboxylic acids is 1. The molecule has 17 heteroatoms. The van der Waals surface area contributed by atoms with Crippen LogP contribution in [0.25, 0.3) is 22.0 Å². The molecule has 2 aromatic heterocycles. The topological polar surface area (TPSA) is 184 Å². The number of hydrogen-bond acceptors (Lipinski definition) is 10. The standard InChI is InChI=1S/C39H39BrClN7O6.2H2S/c40-38-26(4-1-6-30(38)29-5-2-7-34-31(29)20-46-48(34)11-3-10-43-19-28-8-9-37(50)47-28)23-54-36-14-35(53-22-25-12-24(15-42)16-44-17-25)27(13-32(36)41)18-45-33(21-49)39(51)52;;/h1-2,4-7,12-14,16-17,20,28,33,43,45,49H,3,8-11,18-19,21-23H2,(H,47,50)(H,51,52);2*1H2/t28-,33-;;/m0../s1. The summed E-state index contributed by atoms with van der Waals surface area (Å²) in [6.07, 6.45) is 7.31. The zero-order valence-electron chi connectivity index (χ0n) is 30.2. The van der Waals surface area contributed by atoms with Crippen LogP contribution in [0.3, 0.4) is 0 Å². The molecule has 2 atom stereocenters. The number of carbonyl (C=O) groups excluding carboxylic acids is 1. The van der Waals surface area contributed by atoms with E-state index in [9.17, 15) is 25.1 Å². The van der Waals surface area contributed by atoms with Crippen molar-refractivity contribution in [2.24, 2.45) is 0 Å². The molecule has 0 aliphatic carbocycles. The van der Waals surface area contributed by atoms with E-state index < -0.39 is 18.6 Å². The minimum absolute atomic E-state index is 0. The molecule has 5 N–H and O–H groups in total. The first kappa shape index (κ1) is 44.4. The molecule has 296 valence electrons. The maximum absolute atomic E-state index is 11.5. The molecule has 13 nitrogen and oxygen atoms in total. The maximum Gasteiger partial charge on any atom is 0.323 e. The minimum Gasteiger partial charge on any atom is -0.488 e. The van der Waals surface area contributed by atoms with Crippen LogP contribution in [0.4, 0.5) is 0 Å². The van der Waals surface area contributed by atoms with Crippen molar-refractivity contribution in [3.05, 3.63) is 105 Å². The van der Waals surface area contributed by atoms with E-state index in [1.807, 2.05) is 35.1 Å². The van der Waals surface area contributed by atoms with Crippen molar-refractivity contribution in [2.75, 3.05) is 19.7 Å². The number of halogens is 2. The summed E-state index contributed by atoms with van der Waals surface area (Å²) in [6.45, 7) is 2.02. The van der Waals surface area contributed by atoms with Crippen LogP contribution in [0.1, 0.15) is 41.5 Å². The van der Waals surface area contributed by atoms with Crippen LogP contribution >= 0.6 is 54.5 Å². The van der Waals surface area contributed by atoms with Crippen molar-refractivity contribution in [1.82, 2.24) is 30.7 Å². The van der Waals surface area contributed by atoms with Gasteiger partial charge in [0.05, 0.1) is 28.9 Å². The van der Waals surface area contributed by atoms with Crippen LogP contribution in [0.5, 0.6) is 11.5 Å². The number of carboxylic acid groups (broad SMARTS) is 1. The number of aliphatic hydroxyl groups is 1. The number of aliphatic carboxylic acids is 1. The van der Waals surface area contributed by atoms with E-state index >= 15 is 0 Å². The molecule has 1 aliphatic rings. The summed E-state index contributed by atoms with van der Waals surface area (Å²) < 4.78 is 15.3. The second kappa shape index (κ2) is 21.3. The summed E-state index contributed by atoms with van der Waals surface area (Å²) in [5.74, 6) is -0.348. The van der Waals surface area contributed by atoms with Gasteiger partial charge in [0.2, 0.25) is 5.91 Å². The van der Waals surface area contributed by atoms with Gasteiger partial charge in [-0.05, 0) is 64.6 Å². The normalized spacial score (nSPS) is 14.0. The van der Waals surface area contributed by atoms with Gasteiger partial charge in [-0.1, -0.05) is 41.9 Å². The Morgan fingerprint density at radius 1 is 1.07 bits per heavy atom. The number of nitriles is 1. The molecule has 1 amide bonds. The fourth-order valence-electron chi connectivity index (χ4n) is 6.24. The summed E-state index contributed by atoms with van der Waals surface area (Å²) >= 11 is 10.5. The van der Waals surface area contributed by atoms with Crippen LogP contribution in [0, 0.1) is 11.3 Å². The first-order valence-electron chi connectivity index (χ1n) is 17.5. The van der Waals surface area contributed by atoms with Gasteiger partial charge in [0.1, 0.15) is 36.8 Å². The molecular formula is C39H43BrClN7O6S2. The monoisotopic (exact) mass is 883 g/mol. The molecule has 3 aromatic carbocycles. The summed E-state index contributed by atoms with van der Waals surface area (Å²) in [7, 11) is 0. The number of rotatable bonds is 18. The quantitative estimate of drug-likeness (QED) is 0.0695. The molecule has 0 bridgehead atoms. The number of aryl methyl sites for hydroxylation is 1. The molecule has 0 unspecified atom stereocenters. The van der Waals surface area contributed by atoms with E-state index in [2.05, 4.69) is 55.1 Å². The Labute approximate surface area is 351 Å². The van der Waals surface area contributed by atoms with E-state index in [0.29, 0.717) is 34.6 Å². The van der Waals surface area contributed by atoms with Gasteiger partial charge in [0, 0.05) is 77.1 Å². The highest BCUT2D eigenvalue weighted by molar-refractivity contribution is 9.10. The second-order valence-electron chi connectivity index (χ2n) is 12.9. The molecular weight excluding hydrogens is 842 g/mol. The molecule has 3 heterocycles. The largest absolute Gasteiger partial charge is 0.488 e. The van der Waals surface area contributed by atoms with Crippen molar-refractivity contribution in [3.63, 3.8) is 0 Å². The van der Waals surface area contributed by atoms with Gasteiger partial charge in [-0.2, -0.15) is 37.4 Å². The van der Waals surface area contributed by atoms with E-state index in [1.54, 1.807) is 24.4 Å². The average Bonchev–Trinajstić information content (AvgIpc) is 3.80. The molecule has 56 heavy (non-hydrogen) atoms. The number of nitrogens with one attached hydrogen (secondary N) is 3. The predicted molar refractivity (Wildman–Crippen MR) is 227 cm³/mol. The van der Waals surface area contributed by atoms with E-state index in [0.717, 1.165) is 64.5 Å².